The molecule has 190 valence electrons. The number of carbonyl (C=O) groups excluding carboxylic acids is 1. The number of nitrogens with zero attached hydrogens (tertiary/aromatic N) is 2. The van der Waals surface area contributed by atoms with Crippen molar-refractivity contribution in [3.63, 3.8) is 0 Å². The van der Waals surface area contributed by atoms with Crippen LogP contribution in [0.25, 0.3) is 33.3 Å². The molecule has 5 rings (SSSR count). The first kappa shape index (κ1) is 24.6. The van der Waals surface area contributed by atoms with E-state index < -0.39 is 36.0 Å². The highest BCUT2D eigenvalue weighted by Gasteiger charge is 2.58. The number of ether oxygens (including phenoxy) is 1. The fraction of sp³-hybridized carbons (Fsp3) is 0.276. The molecule has 0 radical (unpaired) electrons. The monoisotopic (exact) mass is 502 g/mol. The van der Waals surface area contributed by atoms with Crippen LogP contribution in [0.1, 0.15) is 39.2 Å². The summed E-state index contributed by atoms with van der Waals surface area (Å²) in [6.07, 6.45) is -0.0912. The van der Waals surface area contributed by atoms with Crippen LogP contribution in [0.4, 0.5) is 19.4 Å². The maximum Gasteiger partial charge on any atom is 0.408 e. The van der Waals surface area contributed by atoms with Gasteiger partial charge < -0.3 is 15.8 Å². The van der Waals surface area contributed by atoms with Crippen LogP contribution in [-0.4, -0.2) is 27.6 Å². The van der Waals surface area contributed by atoms with E-state index in [-0.39, 0.29) is 0 Å². The number of pyridine rings is 2. The first-order valence-electron chi connectivity index (χ1n) is 12.1. The summed E-state index contributed by atoms with van der Waals surface area (Å²) in [5.74, 6) is -2.47. The highest BCUT2D eigenvalue weighted by atomic mass is 19.3. The van der Waals surface area contributed by atoms with Crippen molar-refractivity contribution in [2.75, 3.05) is 5.73 Å². The van der Waals surface area contributed by atoms with Gasteiger partial charge in [-0.25, -0.2) is 23.5 Å². The number of nitrogen functional groups attached to an aromatic ring is 1. The normalized spacial score (nSPS) is 16.1. The van der Waals surface area contributed by atoms with E-state index in [0.717, 1.165) is 27.8 Å². The molecule has 1 aliphatic rings. The Hall–Kier alpha value is -4.07. The van der Waals surface area contributed by atoms with Crippen molar-refractivity contribution in [1.82, 2.24) is 15.3 Å². The Balaban J connectivity index is 1.55. The zero-order chi connectivity index (χ0) is 26.4. The van der Waals surface area contributed by atoms with Gasteiger partial charge in [0.15, 0.2) is 0 Å². The average molecular weight is 503 g/mol. The first-order valence-corrected chi connectivity index (χ1v) is 12.1. The first-order chi connectivity index (χ1) is 17.4. The molecule has 0 bridgehead atoms. The summed E-state index contributed by atoms with van der Waals surface area (Å²) in [4.78, 5) is 21.6. The molecule has 0 saturated heterocycles. The fourth-order valence-corrected chi connectivity index (χ4v) is 4.82. The highest BCUT2D eigenvalue weighted by molar-refractivity contribution is 5.96. The number of alkyl halides is 2. The Labute approximate surface area is 213 Å². The summed E-state index contributed by atoms with van der Waals surface area (Å²) in [6, 6.07) is 20.8. The zero-order valence-corrected chi connectivity index (χ0v) is 20.9. The Bertz CT molecular complexity index is 1460. The Morgan fingerprint density at radius 2 is 1.68 bits per heavy atom. The molecule has 3 N–H and O–H groups in total. The second-order valence-electron chi connectivity index (χ2n) is 10.5. The lowest BCUT2D eigenvalue weighted by Crippen LogP contribution is -2.60. The molecule has 6 nitrogen and oxygen atoms in total. The van der Waals surface area contributed by atoms with Crippen LogP contribution >= 0.6 is 0 Å². The minimum Gasteiger partial charge on any atom is -0.444 e. The van der Waals surface area contributed by atoms with Crippen LogP contribution in [0.5, 0.6) is 0 Å². The lowest BCUT2D eigenvalue weighted by atomic mass is 9.69. The molecule has 1 amide bonds. The standard InChI is InChI=1S/C29H28F2N4O2/c1-27(2,3)37-26(36)35-28(16-29(30,31)17-28)20-11-9-19(10-12-20)24-21(18-7-5-4-6-8-18)15-22-23(34-24)13-14-33-25(22)32/h4-15H,16-17H2,1-3H3,(H2,32,33)(H,35,36). The fourth-order valence-electron chi connectivity index (χ4n) is 4.82. The van der Waals surface area contributed by atoms with E-state index in [1.807, 2.05) is 48.5 Å². The smallest absolute Gasteiger partial charge is 0.408 e. The topological polar surface area (TPSA) is 90.1 Å². The SMILES string of the molecule is CC(C)(C)OC(=O)NC1(c2ccc(-c3nc4ccnc(N)c4cc3-c3ccccc3)cc2)CC(F)(F)C1. The quantitative estimate of drug-likeness (QED) is 0.324. The minimum atomic E-state index is -2.86. The van der Waals surface area contributed by atoms with Crippen molar-refractivity contribution in [3.8, 4) is 22.4 Å². The second kappa shape index (κ2) is 8.80. The summed E-state index contributed by atoms with van der Waals surface area (Å²) in [5, 5.41) is 3.46. The number of fused-ring (bicyclic) bond motifs is 1. The number of carbonyl (C=O) groups is 1. The number of anilines is 1. The average Bonchev–Trinajstić information content (AvgIpc) is 2.82. The van der Waals surface area contributed by atoms with E-state index >= 15 is 0 Å². The van der Waals surface area contributed by atoms with E-state index in [1.54, 1.807) is 45.2 Å². The number of halogens is 2. The third-order valence-corrected chi connectivity index (χ3v) is 6.43. The lowest BCUT2D eigenvalue weighted by Gasteiger charge is -2.48. The molecule has 1 fully saturated rings. The molecular weight excluding hydrogens is 474 g/mol. The molecule has 0 unspecified atom stereocenters. The van der Waals surface area contributed by atoms with Crippen LogP contribution in [-0.2, 0) is 10.3 Å². The molecule has 2 heterocycles. The largest absolute Gasteiger partial charge is 0.444 e. The number of nitrogens with two attached hydrogens (primary N) is 1. The van der Waals surface area contributed by atoms with Crippen LogP contribution in [0.2, 0.25) is 0 Å². The highest BCUT2D eigenvalue weighted by Crippen LogP contribution is 2.52. The second-order valence-corrected chi connectivity index (χ2v) is 10.5. The van der Waals surface area contributed by atoms with Gasteiger partial charge in [-0.2, -0.15) is 0 Å². The maximum absolute atomic E-state index is 14.1. The summed E-state index contributed by atoms with van der Waals surface area (Å²) in [7, 11) is 0. The maximum atomic E-state index is 14.1. The molecule has 8 heteroatoms. The van der Waals surface area contributed by atoms with Crippen molar-refractivity contribution >= 4 is 22.8 Å². The predicted molar refractivity (Wildman–Crippen MR) is 140 cm³/mol. The number of alkyl carbamates (subject to hydrolysis) is 1. The van der Waals surface area contributed by atoms with Crippen molar-refractivity contribution in [2.45, 2.75) is 50.7 Å². The summed E-state index contributed by atoms with van der Waals surface area (Å²) in [5.41, 5.74) is 8.83. The summed E-state index contributed by atoms with van der Waals surface area (Å²) < 4.78 is 33.5. The van der Waals surface area contributed by atoms with E-state index in [0.29, 0.717) is 16.9 Å². The molecule has 0 spiro atoms. The van der Waals surface area contributed by atoms with Gasteiger partial charge in [-0.05, 0) is 44.0 Å². The van der Waals surface area contributed by atoms with Gasteiger partial charge >= 0.3 is 6.09 Å². The molecule has 1 aliphatic carbocycles. The predicted octanol–water partition coefficient (Wildman–Crippen LogP) is 6.70. The molecule has 2 aromatic carbocycles. The molecule has 0 atom stereocenters. The number of hydrogen-bond donors (Lipinski definition) is 2. The van der Waals surface area contributed by atoms with E-state index in [4.69, 9.17) is 15.5 Å². The van der Waals surface area contributed by atoms with Crippen molar-refractivity contribution in [3.05, 3.63) is 78.5 Å². The Morgan fingerprint density at radius 1 is 1.00 bits per heavy atom. The molecule has 2 aromatic heterocycles. The number of amides is 1. The van der Waals surface area contributed by atoms with E-state index in [1.165, 1.54) is 0 Å². The number of hydrogen-bond acceptors (Lipinski definition) is 5. The minimum absolute atomic E-state index is 0.394. The van der Waals surface area contributed by atoms with Gasteiger partial charge in [0.1, 0.15) is 11.4 Å². The number of benzene rings is 2. The van der Waals surface area contributed by atoms with E-state index in [2.05, 4.69) is 10.3 Å². The van der Waals surface area contributed by atoms with Crippen LogP contribution in [0, 0.1) is 0 Å². The third-order valence-electron chi connectivity index (χ3n) is 6.43. The third kappa shape index (κ3) is 4.96. The number of nitrogens with one attached hydrogen (secondary N) is 1. The van der Waals surface area contributed by atoms with Gasteiger partial charge in [0.05, 0.1) is 16.7 Å². The molecule has 0 aliphatic heterocycles. The van der Waals surface area contributed by atoms with Gasteiger partial charge in [0.2, 0.25) is 0 Å². The van der Waals surface area contributed by atoms with Gasteiger partial charge in [-0.3, -0.25) is 0 Å². The summed E-state index contributed by atoms with van der Waals surface area (Å²) in [6.45, 7) is 5.19. The van der Waals surface area contributed by atoms with Gasteiger partial charge in [-0.1, -0.05) is 54.6 Å². The lowest BCUT2D eigenvalue weighted by molar-refractivity contribution is -0.136. The molecule has 1 saturated carbocycles. The van der Waals surface area contributed by atoms with E-state index in [9.17, 15) is 13.6 Å². The Morgan fingerprint density at radius 3 is 2.30 bits per heavy atom. The Kier molecular flexibility index (Phi) is 5.85. The molecule has 4 aromatic rings. The van der Waals surface area contributed by atoms with Gasteiger partial charge in [0, 0.05) is 35.6 Å². The van der Waals surface area contributed by atoms with Crippen molar-refractivity contribution < 1.29 is 18.3 Å². The number of rotatable bonds is 4. The van der Waals surface area contributed by atoms with Crippen molar-refractivity contribution in [1.29, 1.82) is 0 Å². The molecular formula is C29H28F2N4O2. The molecule has 37 heavy (non-hydrogen) atoms. The van der Waals surface area contributed by atoms with Crippen LogP contribution in [0.15, 0.2) is 72.9 Å². The van der Waals surface area contributed by atoms with Gasteiger partial charge in [-0.15, -0.1) is 0 Å². The zero-order valence-electron chi connectivity index (χ0n) is 20.9. The van der Waals surface area contributed by atoms with Crippen molar-refractivity contribution in [2.24, 2.45) is 0 Å². The van der Waals surface area contributed by atoms with Crippen LogP contribution < -0.4 is 11.1 Å². The van der Waals surface area contributed by atoms with Gasteiger partial charge in [0.25, 0.3) is 5.92 Å². The van der Waals surface area contributed by atoms with Crippen LogP contribution in [0.3, 0.4) is 0 Å². The summed E-state index contributed by atoms with van der Waals surface area (Å²) >= 11 is 0. The number of aromatic nitrogens is 2.